The summed E-state index contributed by atoms with van der Waals surface area (Å²) >= 11 is 0. The summed E-state index contributed by atoms with van der Waals surface area (Å²) < 4.78 is 0. The summed E-state index contributed by atoms with van der Waals surface area (Å²) in [5.74, 6) is -4.90. The molecule has 0 rings (SSSR count). The first-order chi connectivity index (χ1) is 12.9. The van der Waals surface area contributed by atoms with E-state index in [-0.39, 0.29) is 12.3 Å². The van der Waals surface area contributed by atoms with Gasteiger partial charge >= 0.3 is 11.9 Å². The Kier molecular flexibility index (Phi) is 10.8. The zero-order valence-corrected chi connectivity index (χ0v) is 16.5. The lowest BCUT2D eigenvalue weighted by molar-refractivity contribution is -0.144. The molecule has 0 heterocycles. The Labute approximate surface area is 163 Å². The maximum Gasteiger partial charge on any atom is 0.326 e. The van der Waals surface area contributed by atoms with E-state index in [0.717, 1.165) is 0 Å². The SMILES string of the molecule is CC[C@H](C)[C@H](NC(=O)[C@H](CCC(=O)O)NC(=O)[C@H](C)NC(=O)[C@H](C)N)C(=O)O. The van der Waals surface area contributed by atoms with Crippen LogP contribution in [0.3, 0.4) is 0 Å². The Balaban J connectivity index is 5.21. The van der Waals surface area contributed by atoms with E-state index in [9.17, 15) is 29.1 Å². The number of rotatable bonds is 12. The van der Waals surface area contributed by atoms with E-state index in [2.05, 4.69) is 16.0 Å². The monoisotopic (exact) mass is 402 g/mol. The number of amides is 3. The molecule has 0 aromatic heterocycles. The highest BCUT2D eigenvalue weighted by Gasteiger charge is 2.30. The summed E-state index contributed by atoms with van der Waals surface area (Å²) in [6, 6.07) is -4.32. The number of carbonyl (C=O) groups excluding carboxylic acids is 3. The van der Waals surface area contributed by atoms with Crippen molar-refractivity contribution in [3.8, 4) is 0 Å². The fraction of sp³-hybridized carbons (Fsp3) is 0.706. The molecule has 0 saturated carbocycles. The second kappa shape index (κ2) is 11.9. The van der Waals surface area contributed by atoms with Crippen molar-refractivity contribution >= 4 is 29.7 Å². The topological polar surface area (TPSA) is 188 Å². The van der Waals surface area contributed by atoms with Crippen LogP contribution in [0, 0.1) is 5.92 Å². The highest BCUT2D eigenvalue weighted by Crippen LogP contribution is 2.09. The Morgan fingerprint density at radius 1 is 0.893 bits per heavy atom. The molecule has 0 aliphatic carbocycles. The molecule has 0 fully saturated rings. The molecule has 0 bridgehead atoms. The second-order valence-corrected chi connectivity index (χ2v) is 6.72. The van der Waals surface area contributed by atoms with E-state index in [1.165, 1.54) is 13.8 Å². The minimum absolute atomic E-state index is 0.242. The molecular weight excluding hydrogens is 372 g/mol. The van der Waals surface area contributed by atoms with Crippen LogP contribution in [0.2, 0.25) is 0 Å². The van der Waals surface area contributed by atoms with Gasteiger partial charge in [0.25, 0.3) is 0 Å². The normalized spacial score (nSPS) is 16.0. The summed E-state index contributed by atoms with van der Waals surface area (Å²) in [5, 5.41) is 25.2. The summed E-state index contributed by atoms with van der Waals surface area (Å²) in [7, 11) is 0. The highest BCUT2D eigenvalue weighted by molar-refractivity contribution is 5.94. The summed E-state index contributed by atoms with van der Waals surface area (Å²) in [6.07, 6.45) is -0.169. The minimum atomic E-state index is -1.27. The van der Waals surface area contributed by atoms with E-state index < -0.39 is 60.2 Å². The van der Waals surface area contributed by atoms with E-state index in [1.807, 2.05) is 0 Å². The predicted octanol–water partition coefficient (Wildman–Crippen LogP) is -1.20. The van der Waals surface area contributed by atoms with Crippen LogP contribution in [-0.2, 0) is 24.0 Å². The number of carboxylic acids is 2. The molecule has 0 aliphatic rings. The van der Waals surface area contributed by atoms with Crippen LogP contribution in [-0.4, -0.2) is 64.0 Å². The predicted molar refractivity (Wildman–Crippen MR) is 99.1 cm³/mol. The summed E-state index contributed by atoms with van der Waals surface area (Å²) in [5.41, 5.74) is 5.41. The molecule has 0 spiro atoms. The van der Waals surface area contributed by atoms with Crippen molar-refractivity contribution in [3.63, 3.8) is 0 Å². The van der Waals surface area contributed by atoms with Gasteiger partial charge in [0, 0.05) is 6.42 Å². The number of aliphatic carboxylic acids is 2. The molecule has 160 valence electrons. The van der Waals surface area contributed by atoms with Crippen molar-refractivity contribution in [2.45, 2.75) is 71.1 Å². The molecule has 28 heavy (non-hydrogen) atoms. The molecular formula is C17H30N4O7. The van der Waals surface area contributed by atoms with E-state index >= 15 is 0 Å². The van der Waals surface area contributed by atoms with Gasteiger partial charge in [0.2, 0.25) is 17.7 Å². The van der Waals surface area contributed by atoms with Gasteiger partial charge < -0.3 is 31.9 Å². The minimum Gasteiger partial charge on any atom is -0.481 e. The molecule has 11 nitrogen and oxygen atoms in total. The molecule has 0 radical (unpaired) electrons. The third kappa shape index (κ3) is 8.80. The van der Waals surface area contributed by atoms with E-state index in [4.69, 9.17) is 10.8 Å². The lowest BCUT2D eigenvalue weighted by atomic mass is 9.98. The van der Waals surface area contributed by atoms with Gasteiger partial charge in [-0.15, -0.1) is 0 Å². The van der Waals surface area contributed by atoms with Gasteiger partial charge in [-0.05, 0) is 26.2 Å². The van der Waals surface area contributed by atoms with Gasteiger partial charge in [-0.25, -0.2) is 4.79 Å². The van der Waals surface area contributed by atoms with Gasteiger partial charge in [-0.1, -0.05) is 20.3 Å². The highest BCUT2D eigenvalue weighted by atomic mass is 16.4. The number of nitrogens with two attached hydrogens (primary N) is 1. The number of carbonyl (C=O) groups is 5. The average molecular weight is 402 g/mol. The maximum absolute atomic E-state index is 12.5. The summed E-state index contributed by atoms with van der Waals surface area (Å²) in [4.78, 5) is 58.6. The first-order valence-corrected chi connectivity index (χ1v) is 9.01. The summed E-state index contributed by atoms with van der Waals surface area (Å²) in [6.45, 7) is 6.22. The smallest absolute Gasteiger partial charge is 0.326 e. The van der Waals surface area contributed by atoms with Crippen LogP contribution in [0.25, 0.3) is 0 Å². The fourth-order valence-electron chi connectivity index (χ4n) is 2.18. The van der Waals surface area contributed by atoms with Crippen molar-refractivity contribution in [1.29, 1.82) is 0 Å². The van der Waals surface area contributed by atoms with Gasteiger partial charge in [-0.3, -0.25) is 19.2 Å². The third-order valence-electron chi connectivity index (χ3n) is 4.22. The van der Waals surface area contributed by atoms with Crippen LogP contribution in [0.5, 0.6) is 0 Å². The van der Waals surface area contributed by atoms with Gasteiger partial charge in [0.05, 0.1) is 6.04 Å². The molecule has 0 saturated heterocycles. The van der Waals surface area contributed by atoms with E-state index in [0.29, 0.717) is 6.42 Å². The third-order valence-corrected chi connectivity index (χ3v) is 4.22. The molecule has 5 atom stereocenters. The first-order valence-electron chi connectivity index (χ1n) is 9.01. The Morgan fingerprint density at radius 3 is 1.89 bits per heavy atom. The molecule has 11 heteroatoms. The standard InChI is InChI=1S/C17H30N4O7/c1-5-8(2)13(17(27)28)21-16(26)11(6-7-12(22)23)20-15(25)10(4)19-14(24)9(3)18/h8-11,13H,5-7,18H2,1-4H3,(H,19,24)(H,20,25)(H,21,26)(H,22,23)(H,27,28)/t8-,9-,10-,11-,13-/m0/s1. The Bertz CT molecular complexity index is 594. The Morgan fingerprint density at radius 2 is 1.46 bits per heavy atom. The number of hydrogen-bond donors (Lipinski definition) is 6. The van der Waals surface area contributed by atoms with Crippen molar-refractivity contribution < 1.29 is 34.2 Å². The number of hydrogen-bond acceptors (Lipinski definition) is 6. The fourth-order valence-corrected chi connectivity index (χ4v) is 2.18. The zero-order chi connectivity index (χ0) is 22.0. The molecule has 0 aromatic carbocycles. The first kappa shape index (κ1) is 25.3. The second-order valence-electron chi connectivity index (χ2n) is 6.72. The molecule has 0 aromatic rings. The lowest BCUT2D eigenvalue weighted by Crippen LogP contribution is -2.57. The Hall–Kier alpha value is -2.69. The average Bonchev–Trinajstić information content (AvgIpc) is 2.61. The van der Waals surface area contributed by atoms with Crippen LogP contribution in [0.15, 0.2) is 0 Å². The van der Waals surface area contributed by atoms with E-state index in [1.54, 1.807) is 13.8 Å². The zero-order valence-electron chi connectivity index (χ0n) is 16.5. The molecule has 0 aliphatic heterocycles. The molecule has 0 unspecified atom stereocenters. The van der Waals surface area contributed by atoms with Crippen LogP contribution < -0.4 is 21.7 Å². The van der Waals surface area contributed by atoms with Crippen molar-refractivity contribution in [3.05, 3.63) is 0 Å². The molecule has 7 N–H and O–H groups in total. The van der Waals surface area contributed by atoms with Crippen LogP contribution in [0.4, 0.5) is 0 Å². The van der Waals surface area contributed by atoms with Crippen LogP contribution >= 0.6 is 0 Å². The van der Waals surface area contributed by atoms with Crippen molar-refractivity contribution in [2.75, 3.05) is 0 Å². The van der Waals surface area contributed by atoms with Gasteiger partial charge in [-0.2, -0.15) is 0 Å². The number of nitrogens with one attached hydrogen (secondary N) is 3. The quantitative estimate of drug-likeness (QED) is 0.235. The van der Waals surface area contributed by atoms with Crippen molar-refractivity contribution in [1.82, 2.24) is 16.0 Å². The largest absolute Gasteiger partial charge is 0.481 e. The molecule has 3 amide bonds. The van der Waals surface area contributed by atoms with Crippen LogP contribution in [0.1, 0.15) is 47.0 Å². The van der Waals surface area contributed by atoms with Gasteiger partial charge in [0.15, 0.2) is 0 Å². The number of carboxylic acid groups (broad SMARTS) is 2. The maximum atomic E-state index is 12.5. The van der Waals surface area contributed by atoms with Gasteiger partial charge in [0.1, 0.15) is 18.1 Å². The lowest BCUT2D eigenvalue weighted by Gasteiger charge is -2.25. The van der Waals surface area contributed by atoms with Crippen molar-refractivity contribution in [2.24, 2.45) is 11.7 Å².